The van der Waals surface area contributed by atoms with Crippen LogP contribution >= 0.6 is 11.6 Å². The van der Waals surface area contributed by atoms with Crippen molar-refractivity contribution in [2.45, 2.75) is 24.6 Å². The zero-order valence-corrected chi connectivity index (χ0v) is 14.1. The van der Waals surface area contributed by atoms with Crippen LogP contribution in [0.2, 0.25) is 5.02 Å². The van der Waals surface area contributed by atoms with E-state index in [1.807, 2.05) is 11.2 Å². The molecule has 1 aromatic rings. The van der Waals surface area contributed by atoms with E-state index >= 15 is 0 Å². The lowest BCUT2D eigenvalue weighted by Crippen LogP contribution is -2.49. The second kappa shape index (κ2) is 5.94. The lowest BCUT2D eigenvalue weighted by molar-refractivity contribution is -0.239. The summed E-state index contributed by atoms with van der Waals surface area (Å²) in [5.74, 6) is 3.29. The van der Waals surface area contributed by atoms with Gasteiger partial charge in [0.25, 0.3) is 5.60 Å². The van der Waals surface area contributed by atoms with Gasteiger partial charge in [0.2, 0.25) is 0 Å². The summed E-state index contributed by atoms with van der Waals surface area (Å²) in [6, 6.07) is 1.64. The monoisotopic (exact) mass is 411 g/mol. The Labute approximate surface area is 150 Å². The minimum absolute atomic E-state index is 0.251. The van der Waals surface area contributed by atoms with E-state index in [4.69, 9.17) is 16.2 Å². The number of hydrogen-bond donors (Lipinski definition) is 2. The maximum atomic E-state index is 13.9. The number of alkyl halides is 3. The molecule has 1 amide bonds. The number of hydrogen-bond acceptors (Lipinski definition) is 5. The molecule has 0 radical (unpaired) electrons. The molecule has 1 fully saturated rings. The maximum absolute atomic E-state index is 13.9. The number of nitrogens with one attached hydrogen (secondary N) is 1. The van der Waals surface area contributed by atoms with Crippen LogP contribution in [0.1, 0.15) is 18.4 Å². The van der Waals surface area contributed by atoms with Crippen molar-refractivity contribution >= 4 is 33.8 Å². The normalized spacial score (nSPS) is 22.4. The summed E-state index contributed by atoms with van der Waals surface area (Å²) >= 11 is 5.76. The molecule has 2 N–H and O–H groups in total. The van der Waals surface area contributed by atoms with Gasteiger partial charge in [0.05, 0.1) is 5.69 Å². The van der Waals surface area contributed by atoms with E-state index in [1.165, 1.54) is 0 Å². The van der Waals surface area contributed by atoms with E-state index in [9.17, 15) is 26.4 Å². The molecule has 26 heavy (non-hydrogen) atoms. The fraction of sp³-hybridized carbons (Fsp3) is 0.357. The summed E-state index contributed by atoms with van der Waals surface area (Å²) in [5, 5.41) is 1.56. The number of rotatable bonds is 2. The number of anilines is 1. The molecule has 0 saturated heterocycles. The summed E-state index contributed by atoms with van der Waals surface area (Å²) in [6.07, 6.45) is -5.46. The van der Waals surface area contributed by atoms with Gasteiger partial charge in [-0.3, -0.25) is 9.87 Å². The van der Waals surface area contributed by atoms with Crippen LogP contribution in [0.5, 0.6) is 5.75 Å². The summed E-state index contributed by atoms with van der Waals surface area (Å²) in [4.78, 5) is 11.7. The van der Waals surface area contributed by atoms with Crippen molar-refractivity contribution < 1.29 is 39.9 Å². The summed E-state index contributed by atoms with van der Waals surface area (Å²) in [7, 11) is -5.10. The number of fused-ring (bicyclic) bond motifs is 1. The number of carbonyl (C=O) groups is 1. The van der Waals surface area contributed by atoms with Crippen LogP contribution in [0.4, 0.5) is 23.7 Å². The van der Waals surface area contributed by atoms with E-state index in [0.717, 1.165) is 12.1 Å². The highest BCUT2D eigenvalue weighted by atomic mass is 35.5. The van der Waals surface area contributed by atoms with E-state index < -0.39 is 45.3 Å². The Hall–Kier alpha value is -2.16. The highest BCUT2D eigenvalue weighted by Crippen LogP contribution is 2.51. The zero-order chi connectivity index (χ0) is 19.3. The van der Waals surface area contributed by atoms with Crippen LogP contribution in [-0.2, 0) is 20.7 Å². The van der Waals surface area contributed by atoms with Gasteiger partial charge in [-0.1, -0.05) is 17.5 Å². The third-order valence-corrected chi connectivity index (χ3v) is 4.15. The number of amides is 1. The molecule has 0 bridgehead atoms. The molecule has 1 saturated carbocycles. The largest absolute Gasteiger partial charge is 0.446 e. The van der Waals surface area contributed by atoms with Gasteiger partial charge in [-0.05, 0) is 24.8 Å². The molecule has 0 aromatic heterocycles. The smallest absolute Gasteiger partial charge is 0.415 e. The summed E-state index contributed by atoms with van der Waals surface area (Å²) in [6.45, 7) is 0. The topological polar surface area (TPSA) is 102 Å². The predicted octanol–water partition coefficient (Wildman–Crippen LogP) is 3.25. The Morgan fingerprint density at radius 1 is 1.38 bits per heavy atom. The zero-order valence-electron chi connectivity index (χ0n) is 12.6. The molecule has 7 nitrogen and oxygen atoms in total. The first-order valence-corrected chi connectivity index (χ1v) is 8.76. The van der Waals surface area contributed by atoms with Gasteiger partial charge in [0.1, 0.15) is 0 Å². The van der Waals surface area contributed by atoms with E-state index in [1.54, 1.807) is 0 Å². The van der Waals surface area contributed by atoms with E-state index in [2.05, 4.69) is 14.8 Å². The second-order valence-electron chi connectivity index (χ2n) is 5.57. The fourth-order valence-corrected chi connectivity index (χ4v) is 2.86. The van der Waals surface area contributed by atoms with Crippen molar-refractivity contribution in [2.75, 3.05) is 5.32 Å². The molecule has 3 rings (SSSR count). The molecule has 1 heterocycles. The fourth-order valence-electron chi connectivity index (χ4n) is 2.29. The molecular weight excluding hydrogens is 403 g/mol. The Morgan fingerprint density at radius 3 is 2.58 bits per heavy atom. The lowest BCUT2D eigenvalue weighted by atomic mass is 9.90. The Morgan fingerprint density at radius 2 is 2.04 bits per heavy atom. The van der Waals surface area contributed by atoms with Crippen LogP contribution in [0.15, 0.2) is 12.1 Å². The maximum Gasteiger partial charge on any atom is 0.446 e. The van der Waals surface area contributed by atoms with E-state index in [0.29, 0.717) is 12.8 Å². The Kier molecular flexibility index (Phi) is 4.25. The molecular formula is C14H9ClF3NO6S. The Balaban J connectivity index is 2.28. The first-order valence-electron chi connectivity index (χ1n) is 7.01. The average molecular weight is 412 g/mol. The number of cyclic esters (lactones) is 1. The number of halogens is 4. The molecule has 0 unspecified atom stereocenters. The lowest BCUT2D eigenvalue weighted by Gasteiger charge is -2.36. The standard InChI is InChI=1S/C14H9ClF3NO6S/c15-8-5-9-11(10(6-8)25-26(21,22)23)19-12(20)24-13(9,14(16,17)18)4-3-7-1-2-7/h5-7H,1-2H2,(H,19,20)(H,21,22,23)/t13-/m0/s1. The van der Waals surface area contributed by atoms with Gasteiger partial charge in [-0.15, -0.1) is 0 Å². The number of benzene rings is 1. The molecule has 12 heteroatoms. The molecule has 2 aliphatic rings. The number of carbonyl (C=O) groups excluding carboxylic acids is 1. The molecule has 140 valence electrons. The Bertz CT molecular complexity index is 948. The van der Waals surface area contributed by atoms with Gasteiger partial charge in [0, 0.05) is 22.6 Å². The van der Waals surface area contributed by atoms with Crippen molar-refractivity contribution in [2.24, 2.45) is 5.92 Å². The highest BCUT2D eigenvalue weighted by molar-refractivity contribution is 7.81. The average Bonchev–Trinajstić information content (AvgIpc) is 3.27. The molecule has 1 atom stereocenters. The summed E-state index contributed by atoms with van der Waals surface area (Å²) in [5.41, 5.74) is -4.80. The van der Waals surface area contributed by atoms with Gasteiger partial charge in [-0.25, -0.2) is 4.79 Å². The third-order valence-electron chi connectivity index (χ3n) is 3.54. The van der Waals surface area contributed by atoms with Gasteiger partial charge in [0.15, 0.2) is 5.75 Å². The minimum atomic E-state index is -5.17. The van der Waals surface area contributed by atoms with Crippen LogP contribution in [0.25, 0.3) is 0 Å². The molecule has 1 aromatic carbocycles. The van der Waals surface area contributed by atoms with Crippen molar-refractivity contribution in [3.8, 4) is 17.6 Å². The van der Waals surface area contributed by atoms with Crippen molar-refractivity contribution in [3.05, 3.63) is 22.7 Å². The van der Waals surface area contributed by atoms with Crippen molar-refractivity contribution in [1.82, 2.24) is 0 Å². The van der Waals surface area contributed by atoms with Gasteiger partial charge in [-0.2, -0.15) is 21.6 Å². The third kappa shape index (κ3) is 3.53. The van der Waals surface area contributed by atoms with Crippen LogP contribution in [-0.4, -0.2) is 25.2 Å². The van der Waals surface area contributed by atoms with Gasteiger partial charge < -0.3 is 8.92 Å². The van der Waals surface area contributed by atoms with Crippen molar-refractivity contribution in [1.29, 1.82) is 0 Å². The summed E-state index contributed by atoms with van der Waals surface area (Å²) < 4.78 is 81.1. The molecule has 1 aliphatic heterocycles. The first kappa shape index (κ1) is 18.6. The van der Waals surface area contributed by atoms with Gasteiger partial charge >= 0.3 is 22.7 Å². The quantitative estimate of drug-likeness (QED) is 0.572. The SMILES string of the molecule is O=C1Nc2c(OS(=O)(=O)O)cc(Cl)cc2[C@@](C#CC2CC2)(C(F)(F)F)O1. The van der Waals surface area contributed by atoms with Crippen LogP contribution in [0.3, 0.4) is 0 Å². The van der Waals surface area contributed by atoms with Crippen LogP contribution < -0.4 is 9.50 Å². The van der Waals surface area contributed by atoms with Crippen LogP contribution in [0, 0.1) is 17.8 Å². The minimum Gasteiger partial charge on any atom is -0.415 e. The predicted molar refractivity (Wildman–Crippen MR) is 82.0 cm³/mol. The molecule has 1 aliphatic carbocycles. The second-order valence-corrected chi connectivity index (χ2v) is 7.03. The van der Waals surface area contributed by atoms with E-state index in [-0.39, 0.29) is 10.9 Å². The first-order chi connectivity index (χ1) is 11.9. The van der Waals surface area contributed by atoms with Crippen molar-refractivity contribution in [3.63, 3.8) is 0 Å². The molecule has 0 spiro atoms. The number of ether oxygens (including phenoxy) is 1. The highest BCUT2D eigenvalue weighted by Gasteiger charge is 2.62.